The Kier molecular flexibility index (Phi) is 6.30. The van der Waals surface area contributed by atoms with E-state index in [1.54, 1.807) is 6.54 Å². The minimum atomic E-state index is -4.60. The second-order valence-electron chi connectivity index (χ2n) is 12.5. The molecule has 0 fully saturated rings. The molecule has 2 aliphatic rings. The molecule has 2 heteroatoms. The third-order valence-corrected chi connectivity index (χ3v) is 38.3. The van der Waals surface area contributed by atoms with E-state index in [4.69, 9.17) is 0 Å². The van der Waals surface area contributed by atoms with Crippen LogP contribution in [0, 0.1) is 0 Å². The van der Waals surface area contributed by atoms with Gasteiger partial charge in [0.05, 0.1) is 0 Å². The van der Waals surface area contributed by atoms with Crippen LogP contribution in [0.2, 0.25) is 0 Å². The fraction of sp³-hybridized carbons (Fsp3) is 0.0732. The van der Waals surface area contributed by atoms with Crippen LogP contribution in [-0.2, 0) is 17.4 Å². The molecule has 0 amide bonds. The van der Waals surface area contributed by atoms with Crippen LogP contribution >= 0.6 is 0 Å². The fourth-order valence-corrected chi connectivity index (χ4v) is 37.0. The van der Waals surface area contributed by atoms with Crippen molar-refractivity contribution in [3.8, 4) is 22.3 Å². The van der Waals surface area contributed by atoms with E-state index in [2.05, 4.69) is 178 Å². The van der Waals surface area contributed by atoms with Crippen molar-refractivity contribution >= 4 is 19.5 Å². The molecule has 1 atom stereocenters. The molecule has 0 saturated carbocycles. The van der Waals surface area contributed by atoms with E-state index < -0.39 is 17.4 Å². The molecular weight excluding hydrogens is 612 g/mol. The van der Waals surface area contributed by atoms with Crippen LogP contribution in [0.4, 0.5) is 0 Å². The summed E-state index contributed by atoms with van der Waals surface area (Å²) >= 11 is -4.60. The molecule has 206 valence electrons. The van der Waals surface area contributed by atoms with E-state index in [-0.39, 0.29) is 0 Å². The molecular formula is C41H34SiZr. The zero-order chi connectivity index (χ0) is 29.0. The van der Waals surface area contributed by atoms with Gasteiger partial charge in [-0.15, -0.1) is 0 Å². The van der Waals surface area contributed by atoms with E-state index in [9.17, 15) is 0 Å². The Morgan fingerprint density at radius 3 is 1.44 bits per heavy atom. The minimum absolute atomic E-state index is 0.302. The second kappa shape index (κ2) is 10.1. The van der Waals surface area contributed by atoms with Crippen LogP contribution < -0.4 is 6.54 Å². The first-order chi connectivity index (χ1) is 21.1. The average Bonchev–Trinajstić information content (AvgIpc) is 3.61. The topological polar surface area (TPSA) is 0 Å². The van der Waals surface area contributed by atoms with Crippen LogP contribution in [0.3, 0.4) is 0 Å². The van der Waals surface area contributed by atoms with Crippen molar-refractivity contribution in [1.29, 1.82) is 0 Å². The predicted molar refractivity (Wildman–Crippen MR) is 183 cm³/mol. The van der Waals surface area contributed by atoms with E-state index in [1.807, 2.05) is 0 Å². The quantitative estimate of drug-likeness (QED) is 0.165. The van der Waals surface area contributed by atoms with Gasteiger partial charge in [-0.2, -0.15) is 0 Å². The summed E-state index contributed by atoms with van der Waals surface area (Å²) in [6, 6.07) is 59.9. The Morgan fingerprint density at radius 2 is 0.884 bits per heavy atom. The molecule has 2 aliphatic carbocycles. The zero-order valence-electron chi connectivity index (χ0n) is 24.5. The third kappa shape index (κ3) is 3.70. The van der Waals surface area contributed by atoms with Crippen LogP contribution in [-0.4, -0.2) is 6.88 Å². The van der Waals surface area contributed by atoms with E-state index in [1.165, 1.54) is 50.1 Å². The molecule has 0 aromatic heterocycles. The Hall–Kier alpha value is -3.84. The number of allylic oxidation sites excluding steroid dienone is 1. The molecule has 0 heterocycles. The monoisotopic (exact) mass is 644 g/mol. The van der Waals surface area contributed by atoms with Gasteiger partial charge in [-0.3, -0.25) is 0 Å². The molecule has 0 N–H and O–H groups in total. The molecule has 0 radical (unpaired) electrons. The van der Waals surface area contributed by atoms with Gasteiger partial charge in [0.15, 0.2) is 0 Å². The molecule has 0 aliphatic heterocycles. The van der Waals surface area contributed by atoms with Gasteiger partial charge in [-0.25, -0.2) is 0 Å². The summed E-state index contributed by atoms with van der Waals surface area (Å²) in [5, 5.41) is 0. The Balaban J connectivity index is 1.55. The summed E-state index contributed by atoms with van der Waals surface area (Å²) in [6.07, 6.45) is 2.53. The van der Waals surface area contributed by atoms with Crippen molar-refractivity contribution in [2.45, 2.75) is 14.2 Å². The number of hydrogen-bond donors (Lipinski definition) is 0. The summed E-state index contributed by atoms with van der Waals surface area (Å²) in [5.41, 5.74) is 12.8. The Labute approximate surface area is 257 Å². The van der Waals surface area contributed by atoms with Crippen molar-refractivity contribution in [3.63, 3.8) is 0 Å². The second-order valence-corrected chi connectivity index (χ2v) is 35.2. The molecule has 43 heavy (non-hydrogen) atoms. The van der Waals surface area contributed by atoms with E-state index in [0.717, 1.165) is 0 Å². The van der Waals surface area contributed by atoms with Crippen LogP contribution in [0.25, 0.3) is 28.3 Å². The van der Waals surface area contributed by atoms with Crippen LogP contribution in [0.15, 0.2) is 163 Å². The molecule has 8 rings (SSSR count). The maximum atomic E-state index is 2.53. The number of hydrogen-bond acceptors (Lipinski definition) is 0. The summed E-state index contributed by atoms with van der Waals surface area (Å²) < 4.78 is 3.73. The molecule has 0 spiro atoms. The van der Waals surface area contributed by atoms with Crippen molar-refractivity contribution in [2.24, 2.45) is 0 Å². The van der Waals surface area contributed by atoms with Gasteiger partial charge in [0.2, 0.25) is 0 Å². The van der Waals surface area contributed by atoms with Crippen LogP contribution in [0.1, 0.15) is 36.4 Å². The summed E-state index contributed by atoms with van der Waals surface area (Å²) in [4.78, 5) is 0. The summed E-state index contributed by atoms with van der Waals surface area (Å²) in [7, 11) is 0. The van der Waals surface area contributed by atoms with Crippen LogP contribution in [0.5, 0.6) is 0 Å². The molecule has 6 aromatic rings. The molecule has 0 saturated heterocycles. The number of benzene rings is 6. The average molecular weight is 646 g/mol. The predicted octanol–water partition coefficient (Wildman–Crippen LogP) is 8.47. The molecule has 0 bridgehead atoms. The van der Waals surface area contributed by atoms with Gasteiger partial charge in [-0.1, -0.05) is 0 Å². The van der Waals surface area contributed by atoms with Crippen molar-refractivity contribution in [2.75, 3.05) is 0 Å². The normalized spacial score (nSPS) is 15.9. The van der Waals surface area contributed by atoms with Gasteiger partial charge in [0.25, 0.3) is 0 Å². The van der Waals surface area contributed by atoms with Crippen molar-refractivity contribution in [1.82, 2.24) is 0 Å². The maximum absolute atomic E-state index is 4.60. The van der Waals surface area contributed by atoms with Gasteiger partial charge < -0.3 is 0 Å². The zero-order valence-corrected chi connectivity index (χ0v) is 28.3. The fourth-order valence-electron chi connectivity index (χ4n) is 8.83. The number of rotatable bonds is 5. The molecule has 0 nitrogen and oxygen atoms in total. The first-order valence-corrected chi connectivity index (χ1v) is 26.5. The van der Waals surface area contributed by atoms with Gasteiger partial charge in [-0.05, 0) is 0 Å². The Morgan fingerprint density at radius 1 is 0.442 bits per heavy atom. The first kappa shape index (κ1) is 26.8. The molecule has 1 unspecified atom stereocenters. The SMILES string of the molecule is CC1=Cc2c(-c3ccccc3)cccc2[CH]1[Zr](=[SiH2])([c]1ccccc1)([c]1ccccc1)[CH]1c2ccccc2-c2ccccc21. The van der Waals surface area contributed by atoms with E-state index >= 15 is 0 Å². The van der Waals surface area contributed by atoms with Crippen molar-refractivity contribution < 1.29 is 17.4 Å². The van der Waals surface area contributed by atoms with Gasteiger partial charge >= 0.3 is 259 Å². The third-order valence-electron chi connectivity index (χ3n) is 10.4. The van der Waals surface area contributed by atoms with Gasteiger partial charge in [0, 0.05) is 0 Å². The van der Waals surface area contributed by atoms with Crippen molar-refractivity contribution in [3.05, 3.63) is 186 Å². The summed E-state index contributed by atoms with van der Waals surface area (Å²) in [5.74, 6) is 0. The first-order valence-electron chi connectivity index (χ1n) is 15.3. The molecule has 6 aromatic carbocycles. The standard InChI is InChI=1S/C16H13.C13H9.2C6H5.H2Si.Zr/c1-12-10-14-8-5-9-15(16(14)11-12)13-6-3-2-4-7-13;1-3-7-12-10(5-1)9-11-6-2-4-8-13(11)12;2*1-2-4-6-5-3-1;;/h2-11H,1H3;1-9H;2*1-5H;1H2;. The number of fused-ring (bicyclic) bond motifs is 4. The van der Waals surface area contributed by atoms with E-state index in [0.29, 0.717) is 7.25 Å². The summed E-state index contributed by atoms with van der Waals surface area (Å²) in [6.45, 7) is 4.86. The van der Waals surface area contributed by atoms with Gasteiger partial charge in [0.1, 0.15) is 0 Å². The Bertz CT molecular complexity index is 2000.